The van der Waals surface area contributed by atoms with Crippen molar-refractivity contribution in [2.24, 2.45) is 0 Å². The van der Waals surface area contributed by atoms with E-state index in [0.29, 0.717) is 25.2 Å². The lowest BCUT2D eigenvalue weighted by Crippen LogP contribution is -2.60. The Labute approximate surface area is 155 Å². The van der Waals surface area contributed by atoms with Gasteiger partial charge in [0.2, 0.25) is 0 Å². The van der Waals surface area contributed by atoms with Crippen LogP contribution in [0.1, 0.15) is 29.8 Å². The van der Waals surface area contributed by atoms with Crippen molar-refractivity contribution in [3.05, 3.63) is 47.0 Å². The Hall–Kier alpha value is -1.70. The van der Waals surface area contributed by atoms with Gasteiger partial charge in [0.25, 0.3) is 5.91 Å². The van der Waals surface area contributed by atoms with E-state index in [1.54, 1.807) is 29.2 Å². The molecule has 1 aromatic rings. The highest BCUT2D eigenvalue weighted by Gasteiger charge is 2.47. The van der Waals surface area contributed by atoms with Crippen LogP contribution < -0.4 is 0 Å². The monoisotopic (exact) mass is 378 g/mol. The summed E-state index contributed by atoms with van der Waals surface area (Å²) >= 11 is 0. The molecule has 7 heteroatoms. The highest BCUT2D eigenvalue weighted by atomic mass is 32.2. The van der Waals surface area contributed by atoms with Gasteiger partial charge in [-0.1, -0.05) is 23.8 Å². The lowest BCUT2D eigenvalue weighted by atomic mass is 10.0. The van der Waals surface area contributed by atoms with Gasteiger partial charge in [-0.25, -0.2) is 8.42 Å². The predicted octanol–water partition coefficient (Wildman–Crippen LogP) is 1.07. The number of piperazine rings is 1. The van der Waals surface area contributed by atoms with Gasteiger partial charge in [0.1, 0.15) is 0 Å². The first-order chi connectivity index (χ1) is 12.3. The molecule has 1 amide bonds. The third-order valence-corrected chi connectivity index (χ3v) is 6.87. The Balaban J connectivity index is 1.82. The molecule has 2 fully saturated rings. The number of aliphatic hydroxyl groups is 1. The molecule has 0 aliphatic carbocycles. The van der Waals surface area contributed by atoms with Crippen LogP contribution in [-0.4, -0.2) is 72.5 Å². The molecule has 0 bridgehead atoms. The summed E-state index contributed by atoms with van der Waals surface area (Å²) < 4.78 is 24.5. The minimum absolute atomic E-state index is 0.0312. The second-order valence-corrected chi connectivity index (χ2v) is 9.50. The largest absolute Gasteiger partial charge is 0.392 e. The number of amides is 1. The summed E-state index contributed by atoms with van der Waals surface area (Å²) in [6, 6.07) is 6.39. The highest BCUT2D eigenvalue weighted by molar-refractivity contribution is 7.91. The molecule has 0 saturated carbocycles. The summed E-state index contributed by atoms with van der Waals surface area (Å²) in [7, 11) is -3.15. The molecule has 1 N–H and O–H groups in total. The zero-order chi connectivity index (χ0) is 18.9. The van der Waals surface area contributed by atoms with E-state index < -0.39 is 9.84 Å². The lowest BCUT2D eigenvalue weighted by Gasteiger charge is -2.43. The Morgan fingerprint density at radius 3 is 2.42 bits per heavy atom. The molecular weight excluding hydrogens is 352 g/mol. The first kappa shape index (κ1) is 19.1. The maximum atomic E-state index is 13.0. The number of rotatable bonds is 4. The minimum atomic E-state index is -3.15. The van der Waals surface area contributed by atoms with Gasteiger partial charge in [-0.05, 0) is 31.5 Å². The van der Waals surface area contributed by atoms with Crippen LogP contribution in [0.25, 0.3) is 0 Å². The summed E-state index contributed by atoms with van der Waals surface area (Å²) in [5.74, 6) is 0.00811. The van der Waals surface area contributed by atoms with E-state index in [1.807, 2.05) is 13.8 Å². The van der Waals surface area contributed by atoms with Crippen molar-refractivity contribution in [1.29, 1.82) is 0 Å². The Kier molecular flexibility index (Phi) is 5.50. The summed E-state index contributed by atoms with van der Waals surface area (Å²) in [6.07, 6.45) is 2.10. The van der Waals surface area contributed by atoms with E-state index in [4.69, 9.17) is 5.11 Å². The van der Waals surface area contributed by atoms with Crippen LogP contribution >= 0.6 is 0 Å². The van der Waals surface area contributed by atoms with E-state index >= 15 is 0 Å². The Morgan fingerprint density at radius 1 is 1.15 bits per heavy atom. The van der Waals surface area contributed by atoms with E-state index in [2.05, 4.69) is 11.0 Å². The third kappa shape index (κ3) is 4.00. The van der Waals surface area contributed by atoms with Gasteiger partial charge >= 0.3 is 0 Å². The Morgan fingerprint density at radius 2 is 1.81 bits per heavy atom. The number of allylic oxidation sites excluding steroid dienone is 1. The fourth-order valence-corrected chi connectivity index (χ4v) is 5.73. The predicted molar refractivity (Wildman–Crippen MR) is 101 cm³/mol. The molecule has 2 saturated heterocycles. The van der Waals surface area contributed by atoms with Crippen molar-refractivity contribution in [2.45, 2.75) is 32.5 Å². The highest BCUT2D eigenvalue weighted by Crippen LogP contribution is 2.28. The van der Waals surface area contributed by atoms with Gasteiger partial charge in [-0.3, -0.25) is 9.69 Å². The van der Waals surface area contributed by atoms with Crippen LogP contribution in [0.3, 0.4) is 0 Å². The molecule has 2 heterocycles. The second-order valence-electron chi connectivity index (χ2n) is 7.34. The number of carbonyl (C=O) groups excluding carboxylic acids is 1. The van der Waals surface area contributed by atoms with E-state index in [0.717, 1.165) is 5.56 Å². The first-order valence-electron chi connectivity index (χ1n) is 8.89. The van der Waals surface area contributed by atoms with Gasteiger partial charge in [0.05, 0.1) is 24.2 Å². The average molecular weight is 378 g/mol. The quantitative estimate of drug-likeness (QED) is 0.793. The molecule has 0 spiro atoms. The maximum Gasteiger partial charge on any atom is 0.254 e. The van der Waals surface area contributed by atoms with Gasteiger partial charge in [-0.2, -0.15) is 0 Å². The standard InChI is InChI=1S/C19H26N2O4S/c1-14(2)7-8-20-9-10-21(18-13-26(24,25)12-17(18)20)19(23)16-5-3-15(11-22)4-6-16/h3-7,17-18,22H,8-13H2,1-2H3/t17-,18+/m0/s1. The second kappa shape index (κ2) is 7.50. The number of carbonyl (C=O) groups is 1. The van der Waals surface area contributed by atoms with Crippen molar-refractivity contribution >= 4 is 15.7 Å². The molecule has 0 radical (unpaired) electrons. The average Bonchev–Trinajstić information content (AvgIpc) is 2.94. The minimum Gasteiger partial charge on any atom is -0.392 e. The number of fused-ring (bicyclic) bond motifs is 1. The smallest absolute Gasteiger partial charge is 0.254 e. The number of hydrogen-bond donors (Lipinski definition) is 1. The summed E-state index contributed by atoms with van der Waals surface area (Å²) in [5.41, 5.74) is 2.47. The van der Waals surface area contributed by atoms with Crippen molar-refractivity contribution in [3.8, 4) is 0 Å². The summed E-state index contributed by atoms with van der Waals surface area (Å²) in [6.45, 7) is 5.89. The van der Waals surface area contributed by atoms with Crippen molar-refractivity contribution in [3.63, 3.8) is 0 Å². The molecular formula is C19H26N2O4S. The van der Waals surface area contributed by atoms with Crippen LogP contribution in [0.15, 0.2) is 35.9 Å². The van der Waals surface area contributed by atoms with Gasteiger partial charge < -0.3 is 10.0 Å². The Bertz CT molecular complexity index is 797. The van der Waals surface area contributed by atoms with Crippen LogP contribution in [0.2, 0.25) is 0 Å². The number of benzene rings is 1. The summed E-state index contributed by atoms with van der Waals surface area (Å²) in [4.78, 5) is 16.9. The number of aliphatic hydroxyl groups excluding tert-OH is 1. The third-order valence-electron chi connectivity index (χ3n) is 5.17. The summed E-state index contributed by atoms with van der Waals surface area (Å²) in [5, 5.41) is 9.14. The number of hydrogen-bond acceptors (Lipinski definition) is 5. The van der Waals surface area contributed by atoms with Crippen molar-refractivity contribution in [2.75, 3.05) is 31.1 Å². The van der Waals surface area contributed by atoms with Crippen LogP contribution in [-0.2, 0) is 16.4 Å². The van der Waals surface area contributed by atoms with Gasteiger partial charge in [0.15, 0.2) is 9.84 Å². The zero-order valence-corrected chi connectivity index (χ0v) is 16.1. The SMILES string of the molecule is CC(C)=CCN1CCN(C(=O)c2ccc(CO)cc2)[C@@H]2CS(=O)(=O)C[C@@H]21. The number of sulfone groups is 1. The molecule has 26 heavy (non-hydrogen) atoms. The molecule has 2 aliphatic rings. The lowest BCUT2D eigenvalue weighted by molar-refractivity contribution is 0.0368. The first-order valence-corrected chi connectivity index (χ1v) is 10.7. The van der Waals surface area contributed by atoms with Crippen LogP contribution in [0.5, 0.6) is 0 Å². The van der Waals surface area contributed by atoms with Gasteiger partial charge in [-0.15, -0.1) is 0 Å². The topological polar surface area (TPSA) is 77.9 Å². The molecule has 2 atom stereocenters. The molecule has 142 valence electrons. The van der Waals surface area contributed by atoms with E-state index in [-0.39, 0.29) is 36.1 Å². The van der Waals surface area contributed by atoms with E-state index in [9.17, 15) is 13.2 Å². The molecule has 2 aliphatic heterocycles. The van der Waals surface area contributed by atoms with Gasteiger partial charge in [0, 0.05) is 31.2 Å². The van der Waals surface area contributed by atoms with Crippen LogP contribution in [0, 0.1) is 0 Å². The maximum absolute atomic E-state index is 13.0. The normalized spacial score (nSPS) is 25.0. The van der Waals surface area contributed by atoms with E-state index in [1.165, 1.54) is 5.57 Å². The van der Waals surface area contributed by atoms with Crippen molar-refractivity contribution in [1.82, 2.24) is 9.80 Å². The molecule has 0 aromatic heterocycles. The van der Waals surface area contributed by atoms with Crippen LogP contribution in [0.4, 0.5) is 0 Å². The molecule has 6 nitrogen and oxygen atoms in total. The van der Waals surface area contributed by atoms with Crippen molar-refractivity contribution < 1.29 is 18.3 Å². The fourth-order valence-electron chi connectivity index (χ4n) is 3.72. The number of nitrogens with zero attached hydrogens (tertiary/aromatic N) is 2. The molecule has 0 unspecified atom stereocenters. The fraction of sp³-hybridized carbons (Fsp3) is 0.526. The molecule has 1 aromatic carbocycles. The molecule has 3 rings (SSSR count). The zero-order valence-electron chi connectivity index (χ0n) is 15.3.